The number of rotatable bonds is 6. The molecule has 0 radical (unpaired) electrons. The summed E-state index contributed by atoms with van der Waals surface area (Å²) in [6, 6.07) is 4.21. The summed E-state index contributed by atoms with van der Waals surface area (Å²) in [6.45, 7) is 10.7. The Morgan fingerprint density at radius 1 is 1.23 bits per heavy atom. The predicted molar refractivity (Wildman–Crippen MR) is 118 cm³/mol. The van der Waals surface area contributed by atoms with Crippen LogP contribution in [0.15, 0.2) is 37.1 Å². The van der Waals surface area contributed by atoms with E-state index in [9.17, 15) is 9.59 Å². The van der Waals surface area contributed by atoms with Gasteiger partial charge in [-0.3, -0.25) is 14.6 Å². The molecule has 2 aromatic heterocycles. The minimum Gasteiger partial charge on any atom is -0.341 e. The third-order valence-corrected chi connectivity index (χ3v) is 6.72. The predicted octanol–water partition coefficient (Wildman–Crippen LogP) is 3.25. The molecule has 0 aliphatic carbocycles. The average molecular weight is 424 g/mol. The van der Waals surface area contributed by atoms with E-state index >= 15 is 0 Å². The fourth-order valence-corrected chi connectivity index (χ4v) is 4.96. The van der Waals surface area contributed by atoms with Gasteiger partial charge in [0.1, 0.15) is 0 Å². The van der Waals surface area contributed by atoms with Crippen molar-refractivity contribution in [1.29, 1.82) is 0 Å². The van der Waals surface area contributed by atoms with Crippen LogP contribution in [0.5, 0.6) is 0 Å². The quantitative estimate of drug-likeness (QED) is 0.715. The van der Waals surface area contributed by atoms with Crippen LogP contribution in [0.4, 0.5) is 0 Å². The third-order valence-electron chi connectivity index (χ3n) is 6.72. The Kier molecular flexibility index (Phi) is 5.86. The zero-order chi connectivity index (χ0) is 22.2. The van der Waals surface area contributed by atoms with Gasteiger partial charge in [-0.2, -0.15) is 0 Å². The Morgan fingerprint density at radius 3 is 2.61 bits per heavy atom. The van der Waals surface area contributed by atoms with Crippen LogP contribution in [0.2, 0.25) is 0 Å². The van der Waals surface area contributed by atoms with Crippen LogP contribution in [0.1, 0.15) is 63.8 Å². The first kappa shape index (κ1) is 21.5. The molecule has 31 heavy (non-hydrogen) atoms. The lowest BCUT2D eigenvalue weighted by Gasteiger charge is -2.28. The number of nitrogens with zero attached hydrogens (tertiary/aromatic N) is 5. The monoisotopic (exact) mass is 423 g/mol. The average Bonchev–Trinajstić information content (AvgIpc) is 3.43. The van der Waals surface area contributed by atoms with Gasteiger partial charge in [-0.1, -0.05) is 13.8 Å². The number of amides is 2. The number of pyridine rings is 1. The SMILES string of the molecule is CC(C)CC(=O)N1C[C@H](c2cn(C(C)C)cn2)[C@]2(CCN(Cc3ccncc3)C2=O)C1. The summed E-state index contributed by atoms with van der Waals surface area (Å²) in [5, 5.41) is 0. The third kappa shape index (κ3) is 4.10. The van der Waals surface area contributed by atoms with Crippen molar-refractivity contribution in [2.24, 2.45) is 11.3 Å². The molecular weight excluding hydrogens is 390 g/mol. The summed E-state index contributed by atoms with van der Waals surface area (Å²) in [6.07, 6.45) is 8.69. The van der Waals surface area contributed by atoms with Gasteiger partial charge in [-0.05, 0) is 43.9 Å². The van der Waals surface area contributed by atoms with E-state index in [0.29, 0.717) is 44.6 Å². The lowest BCUT2D eigenvalue weighted by atomic mass is 9.75. The van der Waals surface area contributed by atoms with Gasteiger partial charge in [-0.25, -0.2) is 4.98 Å². The summed E-state index contributed by atoms with van der Waals surface area (Å²) >= 11 is 0. The molecule has 2 fully saturated rings. The van der Waals surface area contributed by atoms with Gasteiger partial charge < -0.3 is 14.4 Å². The van der Waals surface area contributed by atoms with Crippen LogP contribution in [0.3, 0.4) is 0 Å². The van der Waals surface area contributed by atoms with E-state index in [1.54, 1.807) is 12.4 Å². The Morgan fingerprint density at radius 2 is 1.97 bits per heavy atom. The topological polar surface area (TPSA) is 71.3 Å². The molecule has 0 aromatic carbocycles. The highest BCUT2D eigenvalue weighted by molar-refractivity contribution is 5.88. The molecule has 2 aliphatic rings. The van der Waals surface area contributed by atoms with Gasteiger partial charge in [0.05, 0.1) is 17.4 Å². The van der Waals surface area contributed by atoms with Gasteiger partial charge >= 0.3 is 0 Å². The van der Waals surface area contributed by atoms with Crippen molar-refractivity contribution in [3.05, 3.63) is 48.3 Å². The zero-order valence-electron chi connectivity index (χ0n) is 19.0. The Balaban J connectivity index is 1.63. The largest absolute Gasteiger partial charge is 0.341 e. The molecule has 166 valence electrons. The van der Waals surface area contributed by atoms with E-state index < -0.39 is 5.41 Å². The van der Waals surface area contributed by atoms with Crippen molar-refractivity contribution in [2.75, 3.05) is 19.6 Å². The molecule has 2 amide bonds. The van der Waals surface area contributed by atoms with Gasteiger partial charge in [0.25, 0.3) is 0 Å². The number of aromatic nitrogens is 3. The molecule has 0 N–H and O–H groups in total. The van der Waals surface area contributed by atoms with Crippen LogP contribution in [-0.4, -0.2) is 55.8 Å². The second-order valence-corrected chi connectivity index (χ2v) is 9.75. The molecule has 4 heterocycles. The molecule has 0 bridgehead atoms. The molecule has 7 heteroatoms. The summed E-state index contributed by atoms with van der Waals surface area (Å²) in [7, 11) is 0. The van der Waals surface area contributed by atoms with E-state index in [1.165, 1.54) is 0 Å². The fourth-order valence-electron chi connectivity index (χ4n) is 4.96. The molecule has 2 atom stereocenters. The summed E-state index contributed by atoms with van der Waals surface area (Å²) in [4.78, 5) is 39.3. The Labute approximate surface area is 184 Å². The minimum absolute atomic E-state index is 0.0708. The first-order valence-electron chi connectivity index (χ1n) is 11.3. The molecular formula is C24H33N5O2. The maximum Gasteiger partial charge on any atom is 0.231 e. The summed E-state index contributed by atoms with van der Waals surface area (Å²) in [5.74, 6) is 0.512. The van der Waals surface area contributed by atoms with E-state index in [2.05, 4.69) is 48.4 Å². The molecule has 0 unspecified atom stereocenters. The lowest BCUT2D eigenvalue weighted by molar-refractivity contribution is -0.137. The number of hydrogen-bond acceptors (Lipinski definition) is 4. The molecule has 7 nitrogen and oxygen atoms in total. The van der Waals surface area contributed by atoms with Crippen LogP contribution in [0, 0.1) is 11.3 Å². The Hall–Kier alpha value is -2.70. The van der Waals surface area contributed by atoms with Gasteiger partial charge in [-0.15, -0.1) is 0 Å². The number of imidazole rings is 1. The molecule has 2 aliphatic heterocycles. The van der Waals surface area contributed by atoms with Crippen LogP contribution in [0.25, 0.3) is 0 Å². The van der Waals surface area contributed by atoms with E-state index in [0.717, 1.165) is 17.7 Å². The van der Waals surface area contributed by atoms with Crippen LogP contribution in [-0.2, 0) is 16.1 Å². The second kappa shape index (κ2) is 8.44. The van der Waals surface area contributed by atoms with Gasteiger partial charge in [0, 0.05) is 63.2 Å². The highest BCUT2D eigenvalue weighted by Gasteiger charge is 2.58. The second-order valence-electron chi connectivity index (χ2n) is 9.75. The van der Waals surface area contributed by atoms with Crippen molar-refractivity contribution in [3.8, 4) is 0 Å². The van der Waals surface area contributed by atoms with Gasteiger partial charge in [0.2, 0.25) is 11.8 Å². The molecule has 0 saturated carbocycles. The first-order chi connectivity index (χ1) is 14.8. The van der Waals surface area contributed by atoms with Crippen molar-refractivity contribution in [3.63, 3.8) is 0 Å². The molecule has 1 spiro atoms. The van der Waals surface area contributed by atoms with Crippen molar-refractivity contribution in [1.82, 2.24) is 24.3 Å². The molecule has 4 rings (SSSR count). The van der Waals surface area contributed by atoms with Crippen LogP contribution >= 0.6 is 0 Å². The normalized spacial score (nSPS) is 23.7. The minimum atomic E-state index is -0.587. The lowest BCUT2D eigenvalue weighted by Crippen LogP contribution is -2.40. The summed E-state index contributed by atoms with van der Waals surface area (Å²) < 4.78 is 2.08. The van der Waals surface area contributed by atoms with Crippen molar-refractivity contribution >= 4 is 11.8 Å². The smallest absolute Gasteiger partial charge is 0.231 e. The van der Waals surface area contributed by atoms with Crippen molar-refractivity contribution in [2.45, 2.75) is 59.0 Å². The van der Waals surface area contributed by atoms with E-state index in [-0.39, 0.29) is 17.7 Å². The summed E-state index contributed by atoms with van der Waals surface area (Å²) in [5.41, 5.74) is 1.41. The van der Waals surface area contributed by atoms with Crippen molar-refractivity contribution < 1.29 is 9.59 Å². The highest BCUT2D eigenvalue weighted by Crippen LogP contribution is 2.50. The zero-order valence-corrected chi connectivity index (χ0v) is 19.0. The molecule has 2 aromatic rings. The maximum absolute atomic E-state index is 13.8. The number of carbonyl (C=O) groups is 2. The number of hydrogen-bond donors (Lipinski definition) is 0. The Bertz CT molecular complexity index is 938. The molecule has 2 saturated heterocycles. The number of carbonyl (C=O) groups excluding carboxylic acids is 2. The maximum atomic E-state index is 13.8. The fraction of sp³-hybridized carbons (Fsp3) is 0.583. The first-order valence-corrected chi connectivity index (χ1v) is 11.3. The number of likely N-dealkylation sites (tertiary alicyclic amines) is 2. The highest BCUT2D eigenvalue weighted by atomic mass is 16.2. The van der Waals surface area contributed by atoms with E-state index in [4.69, 9.17) is 0 Å². The van der Waals surface area contributed by atoms with Gasteiger partial charge in [0.15, 0.2) is 0 Å². The standard InChI is InChI=1S/C24H33N5O2/c1-17(2)11-22(30)28-13-20(21-14-29(16-26-21)18(3)4)24(15-28)7-10-27(23(24)31)12-19-5-8-25-9-6-19/h5-6,8-9,14,16-18,20H,7,10-13,15H2,1-4H3/t20-,24+/m1/s1. The van der Waals surface area contributed by atoms with Crippen LogP contribution < -0.4 is 0 Å². The van der Waals surface area contributed by atoms with E-state index in [1.807, 2.05) is 28.3 Å².